The molecule has 0 aliphatic heterocycles. The van der Waals surface area contributed by atoms with Crippen LogP contribution in [0.2, 0.25) is 0 Å². The van der Waals surface area contributed by atoms with E-state index in [4.69, 9.17) is 30.0 Å². The summed E-state index contributed by atoms with van der Waals surface area (Å²) in [6, 6.07) is 0. The van der Waals surface area contributed by atoms with Crippen LogP contribution in [0.4, 0.5) is 9.59 Å². The molecule has 1 radical (unpaired) electrons. The summed E-state index contributed by atoms with van der Waals surface area (Å²) in [5.41, 5.74) is 0. The van der Waals surface area contributed by atoms with Gasteiger partial charge in [-0.2, -0.15) is 0 Å². The van der Waals surface area contributed by atoms with E-state index in [1.807, 2.05) is 0 Å². The third kappa shape index (κ3) is 733. The maximum absolute atomic E-state index is 8.56. The SMILES string of the molecule is O=C(O)O.O=C(O)O.[NaH].[NaH].[V]. The molecule has 0 aromatic rings. The Morgan fingerprint density at radius 3 is 0.727 bits per heavy atom. The smallest absolute Gasteiger partial charge is 0 e. The third-order valence-corrected chi connectivity index (χ3v) is 0. The van der Waals surface area contributed by atoms with Crippen LogP contribution < -0.4 is 0 Å². The fraction of sp³-hybridized carbons (Fsp3) is 0. The van der Waals surface area contributed by atoms with Crippen molar-refractivity contribution < 1.29 is 48.6 Å². The normalized spacial score (nSPS) is 4.36. The second kappa shape index (κ2) is 22.5. The summed E-state index contributed by atoms with van der Waals surface area (Å²) in [4.78, 5) is 17.1. The third-order valence-electron chi connectivity index (χ3n) is 0. The van der Waals surface area contributed by atoms with Crippen LogP contribution in [0.1, 0.15) is 0 Å². The van der Waals surface area contributed by atoms with Crippen LogP contribution >= 0.6 is 0 Å². The van der Waals surface area contributed by atoms with Gasteiger partial charge in [-0.15, -0.1) is 0 Å². The average molecular weight is 223 g/mol. The van der Waals surface area contributed by atoms with Gasteiger partial charge in [0.2, 0.25) is 0 Å². The van der Waals surface area contributed by atoms with Gasteiger partial charge < -0.3 is 20.4 Å². The average Bonchev–Trinajstić information content (AvgIpc) is 1.25. The van der Waals surface area contributed by atoms with E-state index in [9.17, 15) is 0 Å². The van der Waals surface area contributed by atoms with Gasteiger partial charge in [0.25, 0.3) is 0 Å². The number of hydrogen-bond donors (Lipinski definition) is 4. The summed E-state index contributed by atoms with van der Waals surface area (Å²) in [6.07, 6.45) is -3.67. The Bertz CT molecular complexity index is 76.6. The van der Waals surface area contributed by atoms with Crippen molar-refractivity contribution in [3.63, 3.8) is 0 Å². The van der Waals surface area contributed by atoms with Gasteiger partial charge in [0.1, 0.15) is 0 Å². The quantitative estimate of drug-likeness (QED) is 0.397. The summed E-state index contributed by atoms with van der Waals surface area (Å²) in [5.74, 6) is 0. The van der Waals surface area contributed by atoms with Crippen molar-refractivity contribution in [2.75, 3.05) is 0 Å². The molecule has 11 heavy (non-hydrogen) atoms. The Labute approximate surface area is 118 Å². The van der Waals surface area contributed by atoms with Crippen LogP contribution in [-0.2, 0) is 18.6 Å². The van der Waals surface area contributed by atoms with Crippen LogP contribution in [0.3, 0.4) is 0 Å². The molecule has 0 unspecified atom stereocenters. The molecule has 6 nitrogen and oxygen atoms in total. The first-order valence-electron chi connectivity index (χ1n) is 1.30. The van der Waals surface area contributed by atoms with E-state index in [-0.39, 0.29) is 77.7 Å². The monoisotopic (exact) mass is 223 g/mol. The van der Waals surface area contributed by atoms with E-state index in [2.05, 4.69) is 0 Å². The molecule has 4 N–H and O–H groups in total. The van der Waals surface area contributed by atoms with E-state index in [1.165, 1.54) is 0 Å². The molecular weight excluding hydrogens is 217 g/mol. The first-order chi connectivity index (χ1) is 3.46. The van der Waals surface area contributed by atoms with Crippen molar-refractivity contribution in [1.29, 1.82) is 0 Å². The van der Waals surface area contributed by atoms with E-state index in [0.717, 1.165) is 0 Å². The topological polar surface area (TPSA) is 115 Å². The van der Waals surface area contributed by atoms with Crippen LogP contribution in [0, 0.1) is 0 Å². The fourth-order valence-electron chi connectivity index (χ4n) is 0. The second-order valence-corrected chi connectivity index (χ2v) is 0.565. The number of carboxylic acid groups (broad SMARTS) is 4. The van der Waals surface area contributed by atoms with E-state index in [0.29, 0.717) is 0 Å². The maximum Gasteiger partial charge on any atom is 0 e. The zero-order valence-electron chi connectivity index (χ0n) is 4.05. The minimum atomic E-state index is -1.83. The second-order valence-electron chi connectivity index (χ2n) is 0.565. The van der Waals surface area contributed by atoms with Gasteiger partial charge in [-0.3, -0.25) is 0 Å². The molecule has 0 rings (SSSR count). The van der Waals surface area contributed by atoms with Gasteiger partial charge in [0.15, 0.2) is 0 Å². The minimum absolute atomic E-state index is 0. The van der Waals surface area contributed by atoms with E-state index in [1.54, 1.807) is 0 Å². The largest absolute Gasteiger partial charge is 0 e. The summed E-state index contributed by atoms with van der Waals surface area (Å²) < 4.78 is 0. The Morgan fingerprint density at radius 2 is 0.727 bits per heavy atom. The van der Waals surface area contributed by atoms with E-state index < -0.39 is 12.3 Å². The predicted molar refractivity (Wildman–Crippen MR) is 35.6 cm³/mol. The van der Waals surface area contributed by atoms with Crippen molar-refractivity contribution in [3.05, 3.63) is 0 Å². The molecule has 0 aliphatic rings. The number of carbonyl (C=O) groups is 2. The van der Waals surface area contributed by atoms with Crippen LogP contribution in [0.25, 0.3) is 0 Å². The minimum Gasteiger partial charge on any atom is 0 e. The van der Waals surface area contributed by atoms with Gasteiger partial charge in [-0.25, -0.2) is 9.59 Å². The molecule has 0 saturated carbocycles. The summed E-state index contributed by atoms with van der Waals surface area (Å²) >= 11 is 0. The first kappa shape index (κ1) is 29.6. The Balaban J connectivity index is -0.0000000171. The molecule has 0 spiro atoms. The van der Waals surface area contributed by atoms with E-state index >= 15 is 0 Å². The molecule has 0 bridgehead atoms. The Hall–Kier alpha value is 1.12. The molecule has 0 aromatic carbocycles. The number of rotatable bonds is 0. The van der Waals surface area contributed by atoms with Gasteiger partial charge in [-0.05, 0) is 0 Å². The zero-order valence-corrected chi connectivity index (χ0v) is 5.45. The molecule has 9 heteroatoms. The van der Waals surface area contributed by atoms with Gasteiger partial charge >= 0.3 is 71.4 Å². The van der Waals surface area contributed by atoms with Crippen LogP contribution in [-0.4, -0.2) is 91.9 Å². The standard InChI is InChI=1S/2CH2O3.2Na.V.2H/c2*2-1(3)4;;;;;/h2*(H2,2,3,4);;;;;. The Morgan fingerprint density at radius 1 is 0.727 bits per heavy atom. The summed E-state index contributed by atoms with van der Waals surface area (Å²) in [5, 5.41) is 27.9. The predicted octanol–water partition coefficient (Wildman–Crippen LogP) is -0.855. The summed E-state index contributed by atoms with van der Waals surface area (Å²) in [6.45, 7) is 0. The van der Waals surface area contributed by atoms with Crippen molar-refractivity contribution in [2.24, 2.45) is 0 Å². The molecule has 57 valence electrons. The van der Waals surface area contributed by atoms with Crippen LogP contribution in [0.15, 0.2) is 0 Å². The molecule has 0 aliphatic carbocycles. The van der Waals surface area contributed by atoms with Gasteiger partial charge in [0.05, 0.1) is 0 Å². The van der Waals surface area contributed by atoms with Gasteiger partial charge in [-0.1, -0.05) is 0 Å². The molecule has 0 fully saturated rings. The van der Waals surface area contributed by atoms with Crippen molar-refractivity contribution >= 4 is 71.4 Å². The maximum atomic E-state index is 8.56. The fourth-order valence-corrected chi connectivity index (χ4v) is 0. The molecular formula is C2H6Na2O6V. The first-order valence-corrected chi connectivity index (χ1v) is 1.30. The Kier molecular flexibility index (Phi) is 60.4. The molecule has 0 amide bonds. The molecule has 0 aromatic heterocycles. The van der Waals surface area contributed by atoms with Crippen LogP contribution in [0.5, 0.6) is 0 Å². The van der Waals surface area contributed by atoms with Crippen molar-refractivity contribution in [3.8, 4) is 0 Å². The number of hydrogen-bond acceptors (Lipinski definition) is 2. The van der Waals surface area contributed by atoms with Crippen molar-refractivity contribution in [2.45, 2.75) is 0 Å². The molecule has 0 heterocycles. The summed E-state index contributed by atoms with van der Waals surface area (Å²) in [7, 11) is 0. The molecule has 0 saturated heterocycles. The van der Waals surface area contributed by atoms with Gasteiger partial charge in [0, 0.05) is 18.6 Å². The molecule has 0 atom stereocenters. The zero-order chi connectivity index (χ0) is 7.15. The van der Waals surface area contributed by atoms with Crippen molar-refractivity contribution in [1.82, 2.24) is 0 Å².